The molecule has 2 aromatic rings. The minimum atomic E-state index is 0. The van der Waals surface area contributed by atoms with E-state index >= 15 is 0 Å². The Bertz CT molecular complexity index is 583. The van der Waals surface area contributed by atoms with E-state index in [1.807, 2.05) is 36.7 Å². The van der Waals surface area contributed by atoms with E-state index in [1.54, 1.807) is 18.4 Å². The van der Waals surface area contributed by atoms with Gasteiger partial charge in [-0.25, -0.2) is 4.98 Å². The first-order valence-electron chi connectivity index (χ1n) is 6.27. The van der Waals surface area contributed by atoms with Crippen molar-refractivity contribution in [3.05, 3.63) is 50.9 Å². The number of hydrogen-bond acceptors (Lipinski definition) is 3. The Morgan fingerprint density at radius 1 is 1.24 bits per heavy atom. The van der Waals surface area contributed by atoms with Crippen LogP contribution in [-0.2, 0) is 13.1 Å². The monoisotopic (exact) mass is 436 g/mol. The third-order valence-electron chi connectivity index (χ3n) is 2.86. The van der Waals surface area contributed by atoms with Gasteiger partial charge in [0.2, 0.25) is 0 Å². The molecule has 0 saturated carbocycles. The molecule has 114 valence electrons. The second kappa shape index (κ2) is 9.22. The molecular formula is C14H18ClIN4S. The van der Waals surface area contributed by atoms with Crippen LogP contribution in [0.5, 0.6) is 0 Å². The Balaban J connectivity index is 0.00000220. The molecule has 0 aliphatic carbocycles. The Morgan fingerprint density at radius 2 is 1.90 bits per heavy atom. The first-order chi connectivity index (χ1) is 9.69. The van der Waals surface area contributed by atoms with Crippen molar-refractivity contribution in [2.24, 2.45) is 4.99 Å². The number of benzene rings is 1. The Morgan fingerprint density at radius 3 is 2.48 bits per heavy atom. The van der Waals surface area contributed by atoms with E-state index in [4.69, 9.17) is 11.6 Å². The summed E-state index contributed by atoms with van der Waals surface area (Å²) in [5.74, 6) is 0.771. The minimum absolute atomic E-state index is 0. The van der Waals surface area contributed by atoms with Crippen LogP contribution in [0.2, 0.25) is 5.02 Å². The number of nitrogens with zero attached hydrogens (tertiary/aromatic N) is 2. The summed E-state index contributed by atoms with van der Waals surface area (Å²) in [6, 6.07) is 7.76. The molecule has 21 heavy (non-hydrogen) atoms. The third kappa shape index (κ3) is 5.80. The molecule has 0 spiro atoms. The molecular weight excluding hydrogens is 419 g/mol. The highest BCUT2D eigenvalue weighted by Gasteiger charge is 2.03. The molecule has 7 heteroatoms. The number of halogens is 2. The van der Waals surface area contributed by atoms with Crippen LogP contribution in [0.1, 0.15) is 16.1 Å². The number of hydrogen-bond donors (Lipinski definition) is 2. The summed E-state index contributed by atoms with van der Waals surface area (Å²) in [5.41, 5.74) is 4.08. The molecule has 0 bridgehead atoms. The molecule has 0 amide bonds. The van der Waals surface area contributed by atoms with Crippen molar-refractivity contribution in [3.63, 3.8) is 0 Å². The zero-order valence-electron chi connectivity index (χ0n) is 11.9. The molecule has 1 aromatic carbocycles. The normalized spacial score (nSPS) is 10.9. The number of rotatable bonds is 4. The van der Waals surface area contributed by atoms with Gasteiger partial charge in [0.05, 0.1) is 17.7 Å². The van der Waals surface area contributed by atoms with Crippen molar-refractivity contribution in [2.75, 3.05) is 7.05 Å². The van der Waals surface area contributed by atoms with Crippen molar-refractivity contribution >= 4 is 52.9 Å². The lowest BCUT2D eigenvalue weighted by Crippen LogP contribution is -2.36. The van der Waals surface area contributed by atoms with Gasteiger partial charge in [0.1, 0.15) is 0 Å². The van der Waals surface area contributed by atoms with E-state index in [0.717, 1.165) is 28.8 Å². The van der Waals surface area contributed by atoms with Crippen LogP contribution in [0.4, 0.5) is 0 Å². The minimum Gasteiger partial charge on any atom is -0.352 e. The summed E-state index contributed by atoms with van der Waals surface area (Å²) < 4.78 is 0. The van der Waals surface area contributed by atoms with Gasteiger partial charge in [-0.15, -0.1) is 35.3 Å². The highest BCUT2D eigenvalue weighted by Crippen LogP contribution is 2.11. The average Bonchev–Trinajstić information content (AvgIpc) is 2.86. The topological polar surface area (TPSA) is 49.3 Å². The van der Waals surface area contributed by atoms with E-state index in [0.29, 0.717) is 6.54 Å². The zero-order valence-corrected chi connectivity index (χ0v) is 15.8. The number of aryl methyl sites for hydroxylation is 1. The molecule has 0 aliphatic heterocycles. The van der Waals surface area contributed by atoms with E-state index < -0.39 is 0 Å². The maximum Gasteiger partial charge on any atom is 0.191 e. The summed E-state index contributed by atoms with van der Waals surface area (Å²) >= 11 is 7.51. The lowest BCUT2D eigenvalue weighted by molar-refractivity contribution is 0.811. The van der Waals surface area contributed by atoms with Gasteiger partial charge >= 0.3 is 0 Å². The molecule has 4 nitrogen and oxygen atoms in total. The van der Waals surface area contributed by atoms with E-state index in [-0.39, 0.29) is 24.0 Å². The largest absolute Gasteiger partial charge is 0.352 e. The van der Waals surface area contributed by atoms with Gasteiger partial charge in [0.15, 0.2) is 5.96 Å². The van der Waals surface area contributed by atoms with Crippen LogP contribution in [0.3, 0.4) is 0 Å². The van der Waals surface area contributed by atoms with Crippen molar-refractivity contribution in [1.29, 1.82) is 0 Å². The molecule has 1 aromatic heterocycles. The lowest BCUT2D eigenvalue weighted by Gasteiger charge is -2.11. The van der Waals surface area contributed by atoms with Crippen LogP contribution in [0.15, 0.2) is 34.8 Å². The predicted molar refractivity (Wildman–Crippen MR) is 101 cm³/mol. The molecule has 2 N–H and O–H groups in total. The van der Waals surface area contributed by atoms with Gasteiger partial charge < -0.3 is 10.6 Å². The Labute approximate surface area is 151 Å². The first kappa shape index (κ1) is 18.2. The molecule has 1 heterocycles. The molecule has 0 saturated heterocycles. The van der Waals surface area contributed by atoms with Crippen LogP contribution < -0.4 is 10.6 Å². The maximum absolute atomic E-state index is 5.86. The fourth-order valence-electron chi connectivity index (χ4n) is 1.67. The highest BCUT2D eigenvalue weighted by molar-refractivity contribution is 14.0. The first-order valence-corrected chi connectivity index (χ1v) is 7.52. The van der Waals surface area contributed by atoms with Crippen LogP contribution in [-0.4, -0.2) is 18.0 Å². The number of aromatic nitrogens is 1. The second-order valence-electron chi connectivity index (χ2n) is 4.27. The molecule has 0 atom stereocenters. The van der Waals surface area contributed by atoms with Gasteiger partial charge in [-0.05, 0) is 24.6 Å². The lowest BCUT2D eigenvalue weighted by atomic mass is 10.2. The van der Waals surface area contributed by atoms with Gasteiger partial charge in [-0.1, -0.05) is 23.7 Å². The second-order valence-corrected chi connectivity index (χ2v) is 5.64. The number of nitrogens with one attached hydrogen (secondary N) is 2. The van der Waals surface area contributed by atoms with Crippen molar-refractivity contribution in [3.8, 4) is 0 Å². The van der Waals surface area contributed by atoms with Gasteiger partial charge in [-0.3, -0.25) is 4.99 Å². The number of guanidine groups is 1. The fraction of sp³-hybridized carbons (Fsp3) is 0.286. The van der Waals surface area contributed by atoms with Crippen molar-refractivity contribution < 1.29 is 0 Å². The van der Waals surface area contributed by atoms with Crippen molar-refractivity contribution in [1.82, 2.24) is 15.6 Å². The fourth-order valence-corrected chi connectivity index (χ4v) is 2.51. The van der Waals surface area contributed by atoms with Gasteiger partial charge in [0.25, 0.3) is 0 Å². The summed E-state index contributed by atoms with van der Waals surface area (Å²) in [6.07, 6.45) is 0. The quantitative estimate of drug-likeness (QED) is 0.437. The maximum atomic E-state index is 5.86. The molecule has 0 aliphatic rings. The number of aliphatic imine (C=N–C) groups is 1. The Kier molecular flexibility index (Phi) is 7.98. The van der Waals surface area contributed by atoms with E-state index in [9.17, 15) is 0 Å². The van der Waals surface area contributed by atoms with Gasteiger partial charge in [0, 0.05) is 23.5 Å². The highest BCUT2D eigenvalue weighted by atomic mass is 127. The SMILES string of the molecule is CN=C(NCc1ccc(Cl)cc1)NCc1scnc1C.I. The summed E-state index contributed by atoms with van der Waals surface area (Å²) in [7, 11) is 1.76. The van der Waals surface area contributed by atoms with E-state index in [1.165, 1.54) is 4.88 Å². The molecule has 0 radical (unpaired) electrons. The van der Waals surface area contributed by atoms with Gasteiger partial charge in [-0.2, -0.15) is 0 Å². The molecule has 0 fully saturated rings. The third-order valence-corrected chi connectivity index (χ3v) is 4.05. The molecule has 2 rings (SSSR count). The zero-order chi connectivity index (χ0) is 14.4. The van der Waals surface area contributed by atoms with E-state index in [2.05, 4.69) is 20.6 Å². The molecule has 0 unspecified atom stereocenters. The number of thiazole rings is 1. The standard InChI is InChI=1S/C14H17ClN4S.HI/c1-10-13(20-9-19-10)8-18-14(16-2)17-7-11-3-5-12(15)6-4-11;/h3-6,9H,7-8H2,1-2H3,(H2,16,17,18);1H. The average molecular weight is 437 g/mol. The smallest absolute Gasteiger partial charge is 0.191 e. The van der Waals surface area contributed by atoms with Crippen molar-refractivity contribution in [2.45, 2.75) is 20.0 Å². The predicted octanol–water partition coefficient (Wildman–Crippen LogP) is 3.59. The Hall–Kier alpha value is -0.860. The van der Waals surface area contributed by atoms with Crippen LogP contribution in [0.25, 0.3) is 0 Å². The summed E-state index contributed by atoms with van der Waals surface area (Å²) in [5, 5.41) is 7.29. The summed E-state index contributed by atoms with van der Waals surface area (Å²) in [6.45, 7) is 3.45. The summed E-state index contributed by atoms with van der Waals surface area (Å²) in [4.78, 5) is 9.65. The van der Waals surface area contributed by atoms with Crippen LogP contribution >= 0.6 is 46.9 Å². The van der Waals surface area contributed by atoms with Crippen LogP contribution in [0, 0.1) is 6.92 Å².